The first-order valence-corrected chi connectivity index (χ1v) is 6.27. The van der Waals surface area contributed by atoms with Crippen LogP contribution < -0.4 is 5.32 Å². The van der Waals surface area contributed by atoms with E-state index in [1.807, 2.05) is 33.0 Å². The Labute approximate surface area is 116 Å². The molecule has 2 N–H and O–H groups in total. The van der Waals surface area contributed by atoms with Crippen molar-refractivity contribution in [2.75, 3.05) is 5.32 Å². The van der Waals surface area contributed by atoms with E-state index in [9.17, 15) is 5.11 Å². The van der Waals surface area contributed by atoms with E-state index < -0.39 is 0 Å². The predicted octanol–water partition coefficient (Wildman–Crippen LogP) is 2.43. The van der Waals surface area contributed by atoms with Crippen LogP contribution in [0.25, 0.3) is 11.0 Å². The fraction of sp³-hybridized carbons (Fsp3) is 0.214. The van der Waals surface area contributed by atoms with Crippen LogP contribution in [-0.2, 0) is 7.05 Å². The highest BCUT2D eigenvalue weighted by Gasteiger charge is 2.13. The number of phenolic OH excluding ortho intramolecular Hbond substituents is 1. The molecular formula is C14H15N5O. The number of phenols is 1. The molecule has 0 aliphatic heterocycles. The summed E-state index contributed by atoms with van der Waals surface area (Å²) in [7, 11) is 1.84. The van der Waals surface area contributed by atoms with Gasteiger partial charge in [0.05, 0.1) is 16.8 Å². The third-order valence-corrected chi connectivity index (χ3v) is 3.20. The Bertz CT molecular complexity index is 794. The van der Waals surface area contributed by atoms with Gasteiger partial charge in [-0.1, -0.05) is 6.07 Å². The van der Waals surface area contributed by atoms with Gasteiger partial charge >= 0.3 is 0 Å². The number of fused-ring (bicyclic) bond motifs is 1. The average molecular weight is 269 g/mol. The van der Waals surface area contributed by atoms with Crippen LogP contribution in [0.15, 0.2) is 24.5 Å². The minimum Gasteiger partial charge on any atom is -0.506 e. The molecule has 3 aromatic rings. The van der Waals surface area contributed by atoms with Gasteiger partial charge in [0.15, 0.2) is 5.65 Å². The van der Waals surface area contributed by atoms with Crippen LogP contribution in [0.4, 0.5) is 11.5 Å². The Kier molecular flexibility index (Phi) is 2.78. The third kappa shape index (κ3) is 1.95. The molecular weight excluding hydrogens is 254 g/mol. The first-order valence-electron chi connectivity index (χ1n) is 6.27. The summed E-state index contributed by atoms with van der Waals surface area (Å²) in [5.74, 6) is 0.824. The second-order valence-corrected chi connectivity index (χ2v) is 4.78. The summed E-state index contributed by atoms with van der Waals surface area (Å²) in [5, 5.41) is 18.3. The Morgan fingerprint density at radius 1 is 1.20 bits per heavy atom. The molecule has 0 bridgehead atoms. The van der Waals surface area contributed by atoms with Gasteiger partial charge in [0.1, 0.15) is 17.9 Å². The number of nitrogens with zero attached hydrogens (tertiary/aromatic N) is 4. The summed E-state index contributed by atoms with van der Waals surface area (Å²) in [5.41, 5.74) is 3.27. The van der Waals surface area contributed by atoms with Crippen molar-refractivity contribution < 1.29 is 5.11 Å². The number of aromatic nitrogens is 4. The second kappa shape index (κ2) is 4.48. The van der Waals surface area contributed by atoms with Gasteiger partial charge in [0.2, 0.25) is 0 Å². The van der Waals surface area contributed by atoms with E-state index in [1.54, 1.807) is 10.7 Å². The number of aryl methyl sites for hydroxylation is 3. The van der Waals surface area contributed by atoms with Crippen LogP contribution in [-0.4, -0.2) is 24.9 Å². The molecule has 0 fully saturated rings. The molecule has 3 rings (SSSR count). The number of anilines is 2. The highest BCUT2D eigenvalue weighted by atomic mass is 16.3. The topological polar surface area (TPSA) is 75.9 Å². The number of rotatable bonds is 2. The van der Waals surface area contributed by atoms with Gasteiger partial charge in [-0.25, -0.2) is 9.97 Å². The average Bonchev–Trinajstić information content (AvgIpc) is 2.71. The van der Waals surface area contributed by atoms with E-state index in [0.29, 0.717) is 11.5 Å². The van der Waals surface area contributed by atoms with Crippen molar-refractivity contribution >= 4 is 22.5 Å². The van der Waals surface area contributed by atoms with Gasteiger partial charge < -0.3 is 10.4 Å². The van der Waals surface area contributed by atoms with Crippen molar-refractivity contribution in [2.45, 2.75) is 13.8 Å². The minimum absolute atomic E-state index is 0.184. The van der Waals surface area contributed by atoms with Crippen molar-refractivity contribution in [2.24, 2.45) is 7.05 Å². The lowest BCUT2D eigenvalue weighted by atomic mass is 10.2. The Morgan fingerprint density at radius 3 is 2.80 bits per heavy atom. The van der Waals surface area contributed by atoms with Crippen molar-refractivity contribution in [1.29, 1.82) is 0 Å². The van der Waals surface area contributed by atoms with Crippen molar-refractivity contribution in [3.63, 3.8) is 0 Å². The first kappa shape index (κ1) is 12.4. The van der Waals surface area contributed by atoms with E-state index in [-0.39, 0.29) is 5.75 Å². The standard InChI is InChI=1S/C14H15N5O/c1-8-4-5-11(20)10(6-8)17-13-12-9(2)18-19(3)14(12)16-7-15-13/h4-7,20H,1-3H3,(H,15,16,17). The van der Waals surface area contributed by atoms with E-state index in [0.717, 1.165) is 22.3 Å². The molecule has 20 heavy (non-hydrogen) atoms. The summed E-state index contributed by atoms with van der Waals surface area (Å²) >= 11 is 0. The van der Waals surface area contributed by atoms with Gasteiger partial charge in [-0.05, 0) is 31.5 Å². The fourth-order valence-corrected chi connectivity index (χ4v) is 2.25. The molecule has 102 valence electrons. The van der Waals surface area contributed by atoms with Gasteiger partial charge in [-0.15, -0.1) is 0 Å². The smallest absolute Gasteiger partial charge is 0.163 e. The predicted molar refractivity (Wildman–Crippen MR) is 77.2 cm³/mol. The number of hydrogen-bond acceptors (Lipinski definition) is 5. The first-order chi connectivity index (χ1) is 9.56. The zero-order valence-electron chi connectivity index (χ0n) is 11.5. The fourth-order valence-electron chi connectivity index (χ4n) is 2.25. The highest BCUT2D eigenvalue weighted by Crippen LogP contribution is 2.30. The molecule has 0 unspecified atom stereocenters. The molecule has 6 nitrogen and oxygen atoms in total. The van der Waals surface area contributed by atoms with Crippen molar-refractivity contribution in [3.05, 3.63) is 35.8 Å². The Morgan fingerprint density at radius 2 is 2.00 bits per heavy atom. The molecule has 0 aliphatic rings. The van der Waals surface area contributed by atoms with Gasteiger partial charge in [-0.2, -0.15) is 5.10 Å². The summed E-state index contributed by atoms with van der Waals surface area (Å²) in [6.45, 7) is 3.88. The maximum atomic E-state index is 9.92. The summed E-state index contributed by atoms with van der Waals surface area (Å²) in [6, 6.07) is 5.38. The lowest BCUT2D eigenvalue weighted by Crippen LogP contribution is -1.97. The molecule has 0 saturated carbocycles. The zero-order valence-corrected chi connectivity index (χ0v) is 11.5. The maximum absolute atomic E-state index is 9.92. The van der Waals surface area contributed by atoms with Gasteiger partial charge in [0.25, 0.3) is 0 Å². The molecule has 2 aromatic heterocycles. The largest absolute Gasteiger partial charge is 0.506 e. The molecule has 2 heterocycles. The van der Waals surface area contributed by atoms with Crippen LogP contribution in [0.5, 0.6) is 5.75 Å². The van der Waals surface area contributed by atoms with E-state index in [1.165, 1.54) is 6.33 Å². The molecule has 0 atom stereocenters. The number of nitrogens with one attached hydrogen (secondary N) is 1. The lowest BCUT2D eigenvalue weighted by Gasteiger charge is -2.09. The summed E-state index contributed by atoms with van der Waals surface area (Å²) in [6.07, 6.45) is 1.48. The zero-order chi connectivity index (χ0) is 14.3. The number of hydrogen-bond donors (Lipinski definition) is 2. The third-order valence-electron chi connectivity index (χ3n) is 3.20. The van der Waals surface area contributed by atoms with Crippen molar-refractivity contribution in [3.8, 4) is 5.75 Å². The van der Waals surface area contributed by atoms with Crippen LogP contribution in [0.3, 0.4) is 0 Å². The van der Waals surface area contributed by atoms with Crippen LogP contribution in [0, 0.1) is 13.8 Å². The number of benzene rings is 1. The molecule has 0 aliphatic carbocycles. The second-order valence-electron chi connectivity index (χ2n) is 4.78. The number of aromatic hydroxyl groups is 1. The molecule has 6 heteroatoms. The molecule has 0 radical (unpaired) electrons. The maximum Gasteiger partial charge on any atom is 0.163 e. The quantitative estimate of drug-likeness (QED) is 0.699. The van der Waals surface area contributed by atoms with Crippen LogP contribution in [0.2, 0.25) is 0 Å². The van der Waals surface area contributed by atoms with E-state index >= 15 is 0 Å². The minimum atomic E-state index is 0.184. The molecule has 0 amide bonds. The Hall–Kier alpha value is -2.63. The molecule has 1 aromatic carbocycles. The molecule has 0 saturated heterocycles. The SMILES string of the molecule is Cc1ccc(O)c(Nc2ncnc3c2c(C)nn3C)c1. The summed E-state index contributed by atoms with van der Waals surface area (Å²) in [4.78, 5) is 8.49. The van der Waals surface area contributed by atoms with Crippen LogP contribution in [0.1, 0.15) is 11.3 Å². The van der Waals surface area contributed by atoms with Crippen LogP contribution >= 0.6 is 0 Å². The van der Waals surface area contributed by atoms with E-state index in [2.05, 4.69) is 20.4 Å². The van der Waals surface area contributed by atoms with Gasteiger partial charge in [-0.3, -0.25) is 4.68 Å². The van der Waals surface area contributed by atoms with Crippen molar-refractivity contribution in [1.82, 2.24) is 19.7 Å². The summed E-state index contributed by atoms with van der Waals surface area (Å²) < 4.78 is 1.72. The Balaban J connectivity index is 2.13. The van der Waals surface area contributed by atoms with E-state index in [4.69, 9.17) is 0 Å². The molecule has 0 spiro atoms. The lowest BCUT2D eigenvalue weighted by molar-refractivity contribution is 0.477. The monoisotopic (exact) mass is 269 g/mol. The highest BCUT2D eigenvalue weighted by molar-refractivity contribution is 5.91. The normalized spacial score (nSPS) is 10.9. The van der Waals surface area contributed by atoms with Gasteiger partial charge in [0, 0.05) is 7.05 Å².